The number of nitrogens with one attached hydrogen (secondary N) is 1. The zero-order valence-corrected chi connectivity index (χ0v) is 18.5. The molecule has 4 rings (SSSR count). The number of esters is 1. The SMILES string of the molecule is COC(=O)c1ccc(C2N=C(c3ccc(Cl)cc3)CC(c3cccc(OC)c3O)N2)cc1. The van der Waals surface area contributed by atoms with E-state index in [1.165, 1.54) is 14.2 Å². The number of ether oxygens (including phenoxy) is 2. The minimum atomic E-state index is -0.391. The second kappa shape index (κ2) is 9.42. The largest absolute Gasteiger partial charge is 0.504 e. The molecule has 2 unspecified atom stereocenters. The first-order chi connectivity index (χ1) is 15.5. The molecule has 7 heteroatoms. The first-order valence-electron chi connectivity index (χ1n) is 10.1. The van der Waals surface area contributed by atoms with Crippen molar-refractivity contribution in [3.8, 4) is 11.5 Å². The van der Waals surface area contributed by atoms with Crippen LogP contribution in [-0.4, -0.2) is 31.0 Å². The number of methoxy groups -OCH3 is 2. The number of aliphatic imine (C=N–C) groups is 1. The Bertz CT molecular complexity index is 1140. The summed E-state index contributed by atoms with van der Waals surface area (Å²) in [6.07, 6.45) is 0.191. The molecule has 2 N–H and O–H groups in total. The Morgan fingerprint density at radius 3 is 2.44 bits per heavy atom. The summed E-state index contributed by atoms with van der Waals surface area (Å²) in [7, 11) is 2.88. The molecule has 2 atom stereocenters. The number of carbonyl (C=O) groups excluding carboxylic acids is 1. The van der Waals surface area contributed by atoms with Crippen LogP contribution in [0.25, 0.3) is 0 Å². The summed E-state index contributed by atoms with van der Waals surface area (Å²) in [6.45, 7) is 0. The van der Waals surface area contributed by atoms with Crippen molar-refractivity contribution in [3.63, 3.8) is 0 Å². The maximum atomic E-state index is 11.8. The summed E-state index contributed by atoms with van der Waals surface area (Å²) in [5.74, 6) is 0.126. The number of aromatic hydroxyl groups is 1. The molecule has 3 aromatic rings. The van der Waals surface area contributed by atoms with Crippen molar-refractivity contribution in [3.05, 3.63) is 94.0 Å². The summed E-state index contributed by atoms with van der Waals surface area (Å²) >= 11 is 6.07. The molecular formula is C25H23ClN2O4. The highest BCUT2D eigenvalue weighted by atomic mass is 35.5. The van der Waals surface area contributed by atoms with Crippen molar-refractivity contribution in [2.75, 3.05) is 14.2 Å². The summed E-state index contributed by atoms with van der Waals surface area (Å²) in [6, 6.07) is 19.9. The van der Waals surface area contributed by atoms with Gasteiger partial charge in [0.2, 0.25) is 0 Å². The van der Waals surface area contributed by atoms with Gasteiger partial charge in [0.05, 0.1) is 19.8 Å². The van der Waals surface area contributed by atoms with Crippen molar-refractivity contribution < 1.29 is 19.4 Å². The summed E-state index contributed by atoms with van der Waals surface area (Å²) in [4.78, 5) is 16.7. The smallest absolute Gasteiger partial charge is 0.337 e. The van der Waals surface area contributed by atoms with Gasteiger partial charge in [-0.2, -0.15) is 0 Å². The van der Waals surface area contributed by atoms with E-state index in [2.05, 4.69) is 5.32 Å². The van der Waals surface area contributed by atoms with E-state index in [1.54, 1.807) is 18.2 Å². The van der Waals surface area contributed by atoms with Crippen LogP contribution in [0.1, 0.15) is 45.7 Å². The first kappa shape index (κ1) is 21.9. The molecule has 0 bridgehead atoms. The lowest BCUT2D eigenvalue weighted by atomic mass is 9.93. The van der Waals surface area contributed by atoms with Gasteiger partial charge in [-0.1, -0.05) is 48.0 Å². The lowest BCUT2D eigenvalue weighted by molar-refractivity contribution is 0.0600. The molecule has 1 aliphatic rings. The lowest BCUT2D eigenvalue weighted by Crippen LogP contribution is -2.33. The van der Waals surface area contributed by atoms with Crippen LogP contribution >= 0.6 is 11.6 Å². The molecule has 0 aromatic heterocycles. The molecule has 0 saturated heterocycles. The van der Waals surface area contributed by atoms with Crippen LogP contribution in [0, 0.1) is 0 Å². The number of para-hydroxylation sites is 1. The van der Waals surface area contributed by atoms with Crippen molar-refractivity contribution in [2.45, 2.75) is 18.6 Å². The fourth-order valence-electron chi connectivity index (χ4n) is 3.80. The highest BCUT2D eigenvalue weighted by molar-refractivity contribution is 6.30. The molecule has 0 aliphatic carbocycles. The van der Waals surface area contributed by atoms with Gasteiger partial charge in [0.15, 0.2) is 11.5 Å². The van der Waals surface area contributed by atoms with Crippen LogP contribution in [0.3, 0.4) is 0 Å². The third-order valence-corrected chi connectivity index (χ3v) is 5.74. The summed E-state index contributed by atoms with van der Waals surface area (Å²) in [5.41, 5.74) is 3.92. The zero-order valence-electron chi connectivity index (χ0n) is 17.7. The van der Waals surface area contributed by atoms with Crippen molar-refractivity contribution >= 4 is 23.3 Å². The molecule has 0 spiro atoms. The normalized spacial score (nSPS) is 18.0. The number of phenolic OH excluding ortho intramolecular Hbond substituents is 1. The van der Waals surface area contributed by atoms with Gasteiger partial charge in [0, 0.05) is 28.8 Å². The molecule has 32 heavy (non-hydrogen) atoms. The molecule has 164 valence electrons. The van der Waals surface area contributed by atoms with E-state index >= 15 is 0 Å². The standard InChI is InChI=1S/C25H23ClN2O4/c1-31-22-5-3-4-19(23(22)29)21-14-20(15-10-12-18(26)13-11-15)27-24(28-21)16-6-8-17(9-7-16)25(30)32-2/h3-13,21,24,28-29H,14H2,1-2H3. The second-order valence-electron chi connectivity index (χ2n) is 7.42. The van der Waals surface area contributed by atoms with E-state index in [4.69, 9.17) is 26.1 Å². The van der Waals surface area contributed by atoms with Crippen LogP contribution in [0.15, 0.2) is 71.7 Å². The van der Waals surface area contributed by atoms with Gasteiger partial charge in [-0.25, -0.2) is 4.79 Å². The van der Waals surface area contributed by atoms with Crippen molar-refractivity contribution in [1.29, 1.82) is 0 Å². The molecule has 1 heterocycles. The molecule has 0 fully saturated rings. The van der Waals surface area contributed by atoms with Crippen LogP contribution in [-0.2, 0) is 4.74 Å². The Kier molecular flexibility index (Phi) is 6.44. The fraction of sp³-hybridized carbons (Fsp3) is 0.200. The minimum Gasteiger partial charge on any atom is -0.504 e. The maximum absolute atomic E-state index is 11.8. The minimum absolute atomic E-state index is 0.102. The van der Waals surface area contributed by atoms with Crippen LogP contribution in [0.4, 0.5) is 0 Å². The molecule has 3 aromatic carbocycles. The molecule has 0 radical (unpaired) electrons. The predicted octanol–water partition coefficient (Wildman–Crippen LogP) is 5.06. The van der Waals surface area contributed by atoms with E-state index in [-0.39, 0.29) is 18.0 Å². The average Bonchev–Trinajstić information content (AvgIpc) is 2.84. The number of hydrogen-bond donors (Lipinski definition) is 2. The Morgan fingerprint density at radius 1 is 1.06 bits per heavy atom. The summed E-state index contributed by atoms with van der Waals surface area (Å²) < 4.78 is 10.1. The molecule has 0 saturated carbocycles. The first-order valence-corrected chi connectivity index (χ1v) is 10.5. The number of carbonyl (C=O) groups is 1. The van der Waals surface area contributed by atoms with Crippen molar-refractivity contribution in [2.24, 2.45) is 4.99 Å². The number of nitrogens with zero attached hydrogens (tertiary/aromatic N) is 1. The van der Waals surface area contributed by atoms with Gasteiger partial charge in [0.1, 0.15) is 6.17 Å². The molecule has 0 amide bonds. The summed E-state index contributed by atoms with van der Waals surface area (Å²) in [5, 5.41) is 14.9. The van der Waals surface area contributed by atoms with Gasteiger partial charge in [-0.3, -0.25) is 10.3 Å². The highest BCUT2D eigenvalue weighted by Gasteiger charge is 2.28. The van der Waals surface area contributed by atoms with Crippen LogP contribution in [0.5, 0.6) is 11.5 Å². The number of halogens is 1. The number of phenols is 1. The van der Waals surface area contributed by atoms with Crippen LogP contribution in [0.2, 0.25) is 5.02 Å². The number of hydrogen-bond acceptors (Lipinski definition) is 6. The maximum Gasteiger partial charge on any atom is 0.337 e. The van der Waals surface area contributed by atoms with Crippen molar-refractivity contribution in [1.82, 2.24) is 5.32 Å². The van der Waals surface area contributed by atoms with Gasteiger partial charge in [-0.15, -0.1) is 0 Å². The van der Waals surface area contributed by atoms with E-state index in [0.29, 0.717) is 22.8 Å². The average molecular weight is 451 g/mol. The van der Waals surface area contributed by atoms with E-state index in [0.717, 1.165) is 22.4 Å². The third-order valence-electron chi connectivity index (χ3n) is 5.49. The molecular weight excluding hydrogens is 428 g/mol. The second-order valence-corrected chi connectivity index (χ2v) is 7.86. The van der Waals surface area contributed by atoms with E-state index in [1.807, 2.05) is 48.5 Å². The fourth-order valence-corrected chi connectivity index (χ4v) is 3.92. The predicted molar refractivity (Wildman–Crippen MR) is 124 cm³/mol. The Balaban J connectivity index is 1.73. The Labute approximate surface area is 191 Å². The monoisotopic (exact) mass is 450 g/mol. The molecule has 1 aliphatic heterocycles. The lowest BCUT2D eigenvalue weighted by Gasteiger charge is -2.31. The Hall–Kier alpha value is -3.35. The topological polar surface area (TPSA) is 80.2 Å². The Morgan fingerprint density at radius 2 is 1.78 bits per heavy atom. The number of benzene rings is 3. The van der Waals surface area contributed by atoms with Gasteiger partial charge >= 0.3 is 5.97 Å². The highest BCUT2D eigenvalue weighted by Crippen LogP contribution is 2.38. The van der Waals surface area contributed by atoms with E-state index < -0.39 is 5.97 Å². The van der Waals surface area contributed by atoms with Crippen LogP contribution < -0.4 is 10.1 Å². The quantitative estimate of drug-likeness (QED) is 0.531. The number of rotatable bonds is 5. The third kappa shape index (κ3) is 4.47. The molecule has 6 nitrogen and oxygen atoms in total. The zero-order chi connectivity index (χ0) is 22.7. The van der Waals surface area contributed by atoms with Gasteiger partial charge in [0.25, 0.3) is 0 Å². The van der Waals surface area contributed by atoms with E-state index in [9.17, 15) is 9.90 Å². The van der Waals surface area contributed by atoms with Gasteiger partial charge < -0.3 is 14.6 Å². The van der Waals surface area contributed by atoms with Gasteiger partial charge in [-0.05, 0) is 41.5 Å².